The van der Waals surface area contributed by atoms with E-state index < -0.39 is 0 Å². The molecule has 1 aliphatic heterocycles. The summed E-state index contributed by atoms with van der Waals surface area (Å²) in [6.07, 6.45) is 6.54. The van der Waals surface area contributed by atoms with Gasteiger partial charge in [0.15, 0.2) is 5.13 Å². The molecule has 0 saturated carbocycles. The molecular formula is C22H24N6O3S. The third kappa shape index (κ3) is 5.20. The van der Waals surface area contributed by atoms with Crippen molar-refractivity contribution in [1.82, 2.24) is 19.9 Å². The van der Waals surface area contributed by atoms with Crippen LogP contribution in [0, 0.1) is 0 Å². The number of anilines is 2. The maximum absolute atomic E-state index is 13.3. The fourth-order valence-electron chi connectivity index (χ4n) is 3.42. The number of nitrogens with zero attached hydrogens (tertiary/aromatic N) is 5. The van der Waals surface area contributed by atoms with Crippen LogP contribution in [0.1, 0.15) is 34.6 Å². The number of hydrogen-bond acceptors (Lipinski definition) is 8. The molecule has 2 amide bonds. The monoisotopic (exact) mass is 452 g/mol. The van der Waals surface area contributed by atoms with Crippen LogP contribution in [0.3, 0.4) is 0 Å². The van der Waals surface area contributed by atoms with E-state index in [1.165, 1.54) is 11.3 Å². The van der Waals surface area contributed by atoms with Crippen LogP contribution in [0.25, 0.3) is 0 Å². The van der Waals surface area contributed by atoms with Crippen LogP contribution in [-0.2, 0) is 0 Å². The topological polar surface area (TPSA) is 101 Å². The number of piperazine rings is 1. The van der Waals surface area contributed by atoms with Crippen LogP contribution >= 0.6 is 11.3 Å². The molecule has 1 N–H and O–H groups in total. The summed E-state index contributed by atoms with van der Waals surface area (Å²) in [6.45, 7) is 6.20. The van der Waals surface area contributed by atoms with Crippen molar-refractivity contribution in [2.75, 3.05) is 36.4 Å². The summed E-state index contributed by atoms with van der Waals surface area (Å²) in [5, 5.41) is 5.04. The molecular weight excluding hydrogens is 428 g/mol. The van der Waals surface area contributed by atoms with E-state index in [-0.39, 0.29) is 17.9 Å². The smallest absolute Gasteiger partial charge is 0.257 e. The van der Waals surface area contributed by atoms with Crippen LogP contribution in [-0.4, -0.2) is 63.9 Å². The highest BCUT2D eigenvalue weighted by molar-refractivity contribution is 7.13. The number of carbonyl (C=O) groups excluding carboxylic acids is 2. The third-order valence-electron chi connectivity index (χ3n) is 4.88. The first kappa shape index (κ1) is 21.7. The van der Waals surface area contributed by atoms with Gasteiger partial charge in [-0.05, 0) is 32.0 Å². The molecule has 0 aliphatic carbocycles. The Morgan fingerprint density at radius 3 is 2.47 bits per heavy atom. The van der Waals surface area contributed by atoms with Gasteiger partial charge in [0.25, 0.3) is 11.8 Å². The molecule has 166 valence electrons. The van der Waals surface area contributed by atoms with Crippen molar-refractivity contribution in [3.8, 4) is 5.75 Å². The van der Waals surface area contributed by atoms with Gasteiger partial charge in [0.1, 0.15) is 11.6 Å². The van der Waals surface area contributed by atoms with Crippen molar-refractivity contribution < 1.29 is 14.3 Å². The van der Waals surface area contributed by atoms with E-state index in [2.05, 4.69) is 25.2 Å². The Hall–Kier alpha value is -3.53. The predicted molar refractivity (Wildman–Crippen MR) is 122 cm³/mol. The number of rotatable bonds is 6. The Kier molecular flexibility index (Phi) is 6.60. The molecule has 0 radical (unpaired) electrons. The highest BCUT2D eigenvalue weighted by atomic mass is 32.1. The minimum atomic E-state index is -0.337. The van der Waals surface area contributed by atoms with E-state index >= 15 is 0 Å². The van der Waals surface area contributed by atoms with Gasteiger partial charge in [0.2, 0.25) is 0 Å². The van der Waals surface area contributed by atoms with Gasteiger partial charge >= 0.3 is 0 Å². The van der Waals surface area contributed by atoms with E-state index in [0.29, 0.717) is 48.2 Å². The summed E-state index contributed by atoms with van der Waals surface area (Å²) in [5.74, 6) is 0.804. The van der Waals surface area contributed by atoms with Crippen molar-refractivity contribution in [3.05, 3.63) is 59.5 Å². The van der Waals surface area contributed by atoms with Gasteiger partial charge in [-0.15, -0.1) is 11.3 Å². The zero-order valence-corrected chi connectivity index (χ0v) is 18.7. The first-order chi connectivity index (χ1) is 15.5. The molecule has 1 fully saturated rings. The lowest BCUT2D eigenvalue weighted by molar-refractivity contribution is 0.0745. The highest BCUT2D eigenvalue weighted by Gasteiger charge is 2.24. The molecule has 2 aromatic heterocycles. The third-order valence-corrected chi connectivity index (χ3v) is 5.57. The van der Waals surface area contributed by atoms with E-state index in [9.17, 15) is 9.59 Å². The molecule has 9 nitrogen and oxygen atoms in total. The van der Waals surface area contributed by atoms with E-state index in [0.717, 1.165) is 5.82 Å². The van der Waals surface area contributed by atoms with Crippen LogP contribution in [0.5, 0.6) is 5.75 Å². The first-order valence-corrected chi connectivity index (χ1v) is 11.2. The van der Waals surface area contributed by atoms with E-state index in [1.54, 1.807) is 53.3 Å². The maximum atomic E-state index is 13.3. The zero-order chi connectivity index (χ0) is 22.5. The fourth-order valence-corrected chi connectivity index (χ4v) is 3.95. The number of aromatic nitrogens is 3. The molecule has 1 saturated heterocycles. The van der Waals surface area contributed by atoms with Gasteiger partial charge in [-0.3, -0.25) is 19.9 Å². The highest BCUT2D eigenvalue weighted by Crippen LogP contribution is 2.23. The van der Waals surface area contributed by atoms with Crippen molar-refractivity contribution >= 4 is 34.1 Å². The molecule has 0 bridgehead atoms. The lowest BCUT2D eigenvalue weighted by Gasteiger charge is -2.35. The molecule has 4 rings (SSSR count). The number of hydrogen-bond donors (Lipinski definition) is 1. The van der Waals surface area contributed by atoms with Gasteiger partial charge in [-0.25, -0.2) is 9.97 Å². The minimum Gasteiger partial charge on any atom is -0.491 e. The number of thiazole rings is 1. The SMILES string of the molecule is CC(C)Oc1cc(C(=O)Nc2nccs2)cc(C(=O)N2CCN(c3cnccn3)CC2)c1. The first-order valence-electron chi connectivity index (χ1n) is 10.3. The molecule has 3 aromatic rings. The van der Waals surface area contributed by atoms with Crippen molar-refractivity contribution in [3.63, 3.8) is 0 Å². The second kappa shape index (κ2) is 9.73. The Morgan fingerprint density at radius 2 is 1.81 bits per heavy atom. The Balaban J connectivity index is 1.51. The standard InChI is InChI=1S/C22H24N6O3S/c1-15(2)31-18-12-16(20(29)26-22-25-5-10-32-22)11-17(13-18)21(30)28-8-6-27(7-9-28)19-14-23-3-4-24-19/h3-5,10-15H,6-9H2,1-2H3,(H,25,26,29). The second-order valence-electron chi connectivity index (χ2n) is 7.55. The van der Waals surface area contributed by atoms with Crippen molar-refractivity contribution in [2.24, 2.45) is 0 Å². The number of benzene rings is 1. The number of ether oxygens (including phenoxy) is 1. The lowest BCUT2D eigenvalue weighted by atomic mass is 10.1. The number of amides is 2. The molecule has 0 unspecified atom stereocenters. The molecule has 1 aliphatic rings. The fraction of sp³-hybridized carbons (Fsp3) is 0.318. The summed E-state index contributed by atoms with van der Waals surface area (Å²) < 4.78 is 5.81. The Labute approximate surface area is 190 Å². The maximum Gasteiger partial charge on any atom is 0.257 e. The van der Waals surface area contributed by atoms with Gasteiger partial charge in [-0.1, -0.05) is 0 Å². The second-order valence-corrected chi connectivity index (χ2v) is 8.44. The quantitative estimate of drug-likeness (QED) is 0.614. The molecule has 3 heterocycles. The molecule has 0 spiro atoms. The van der Waals surface area contributed by atoms with Gasteiger partial charge < -0.3 is 14.5 Å². The molecule has 10 heteroatoms. The molecule has 0 atom stereocenters. The summed E-state index contributed by atoms with van der Waals surface area (Å²) in [4.78, 5) is 42.4. The minimum absolute atomic E-state index is 0.0919. The Bertz CT molecular complexity index is 1070. The number of carbonyl (C=O) groups is 2. The van der Waals surface area contributed by atoms with Crippen LogP contribution < -0.4 is 15.0 Å². The average Bonchev–Trinajstić information content (AvgIpc) is 3.31. The summed E-state index contributed by atoms with van der Waals surface area (Å²) in [5.41, 5.74) is 0.764. The number of nitrogens with one attached hydrogen (secondary N) is 1. The van der Waals surface area contributed by atoms with Gasteiger partial charge in [-0.2, -0.15) is 0 Å². The molecule has 32 heavy (non-hydrogen) atoms. The summed E-state index contributed by atoms with van der Waals surface area (Å²) in [6, 6.07) is 4.94. The van der Waals surface area contributed by atoms with Gasteiger partial charge in [0, 0.05) is 61.3 Å². The largest absolute Gasteiger partial charge is 0.491 e. The van der Waals surface area contributed by atoms with E-state index in [4.69, 9.17) is 4.74 Å². The summed E-state index contributed by atoms with van der Waals surface area (Å²) >= 11 is 1.33. The normalized spacial score (nSPS) is 13.8. The van der Waals surface area contributed by atoms with Crippen LogP contribution in [0.15, 0.2) is 48.4 Å². The lowest BCUT2D eigenvalue weighted by Crippen LogP contribution is -2.49. The van der Waals surface area contributed by atoms with E-state index in [1.807, 2.05) is 13.8 Å². The summed E-state index contributed by atoms with van der Waals surface area (Å²) in [7, 11) is 0. The van der Waals surface area contributed by atoms with Crippen LogP contribution in [0.2, 0.25) is 0 Å². The van der Waals surface area contributed by atoms with Gasteiger partial charge in [0.05, 0.1) is 12.3 Å². The average molecular weight is 453 g/mol. The molecule has 1 aromatic carbocycles. The van der Waals surface area contributed by atoms with Crippen LogP contribution in [0.4, 0.5) is 10.9 Å². The zero-order valence-electron chi connectivity index (χ0n) is 17.9. The Morgan fingerprint density at radius 1 is 1.03 bits per heavy atom. The van der Waals surface area contributed by atoms with Crippen molar-refractivity contribution in [2.45, 2.75) is 20.0 Å². The predicted octanol–water partition coefficient (Wildman–Crippen LogP) is 2.94. The van der Waals surface area contributed by atoms with Crippen molar-refractivity contribution in [1.29, 1.82) is 0 Å².